The highest BCUT2D eigenvalue weighted by molar-refractivity contribution is 5.95. The van der Waals surface area contributed by atoms with Crippen LogP contribution in [0.2, 0.25) is 0 Å². The highest BCUT2D eigenvalue weighted by Crippen LogP contribution is 2.30. The zero-order valence-electron chi connectivity index (χ0n) is 17.8. The van der Waals surface area contributed by atoms with Gasteiger partial charge in [0.25, 0.3) is 11.8 Å². The van der Waals surface area contributed by atoms with E-state index in [9.17, 15) is 9.59 Å². The van der Waals surface area contributed by atoms with E-state index in [2.05, 4.69) is 20.3 Å². The largest absolute Gasteiger partial charge is 0.348 e. The van der Waals surface area contributed by atoms with Gasteiger partial charge in [0, 0.05) is 38.7 Å². The fourth-order valence-electron chi connectivity index (χ4n) is 3.89. The molecular weight excluding hydrogens is 392 g/mol. The second-order valence-corrected chi connectivity index (χ2v) is 7.77. The fraction of sp³-hybridized carbons (Fsp3) is 0.348. The fourth-order valence-corrected chi connectivity index (χ4v) is 3.89. The molecule has 0 bridgehead atoms. The maximum Gasteiger partial charge on any atom is 0.290 e. The van der Waals surface area contributed by atoms with Crippen molar-refractivity contribution < 1.29 is 9.59 Å². The Bertz CT molecular complexity index is 1080. The number of benzene rings is 1. The van der Waals surface area contributed by atoms with E-state index in [1.54, 1.807) is 35.0 Å². The predicted molar refractivity (Wildman–Crippen MR) is 115 cm³/mol. The van der Waals surface area contributed by atoms with E-state index in [1.807, 2.05) is 37.4 Å². The van der Waals surface area contributed by atoms with Crippen LogP contribution in [-0.2, 0) is 13.6 Å². The van der Waals surface area contributed by atoms with Gasteiger partial charge in [-0.1, -0.05) is 30.3 Å². The number of nitrogens with zero attached hydrogens (tertiary/aromatic N) is 5. The van der Waals surface area contributed by atoms with Crippen LogP contribution < -0.4 is 5.32 Å². The van der Waals surface area contributed by atoms with Gasteiger partial charge in [-0.15, -0.1) is 0 Å². The lowest BCUT2D eigenvalue weighted by Gasteiger charge is -2.34. The third-order valence-corrected chi connectivity index (χ3v) is 5.61. The highest BCUT2D eigenvalue weighted by atomic mass is 16.2. The Labute approximate surface area is 181 Å². The molecule has 1 fully saturated rings. The topological polar surface area (TPSA) is 93.0 Å². The molecule has 1 unspecified atom stereocenters. The molecule has 160 valence electrons. The number of rotatable bonds is 5. The number of carbonyl (C=O) groups is 2. The smallest absolute Gasteiger partial charge is 0.290 e. The van der Waals surface area contributed by atoms with Gasteiger partial charge in [0.15, 0.2) is 11.6 Å². The van der Waals surface area contributed by atoms with E-state index in [0.717, 1.165) is 24.8 Å². The molecule has 3 heterocycles. The van der Waals surface area contributed by atoms with Crippen molar-refractivity contribution >= 4 is 11.8 Å². The molecule has 4 rings (SSSR count). The van der Waals surface area contributed by atoms with E-state index >= 15 is 0 Å². The second-order valence-electron chi connectivity index (χ2n) is 7.77. The van der Waals surface area contributed by atoms with Crippen LogP contribution in [0.5, 0.6) is 0 Å². The molecular formula is C23H26N6O2. The average molecular weight is 419 g/mol. The van der Waals surface area contributed by atoms with Crippen molar-refractivity contribution in [2.24, 2.45) is 7.05 Å². The number of carbonyl (C=O) groups excluding carboxylic acids is 2. The predicted octanol–water partition coefficient (Wildman–Crippen LogP) is 2.82. The molecule has 1 atom stereocenters. The lowest BCUT2D eigenvalue weighted by molar-refractivity contribution is 0.0582. The lowest BCUT2D eigenvalue weighted by Crippen LogP contribution is -2.40. The third-order valence-electron chi connectivity index (χ3n) is 5.61. The Morgan fingerprint density at radius 1 is 1.16 bits per heavy atom. The van der Waals surface area contributed by atoms with Crippen molar-refractivity contribution in [3.05, 3.63) is 77.4 Å². The summed E-state index contributed by atoms with van der Waals surface area (Å²) in [5.41, 5.74) is 2.07. The number of amides is 2. The summed E-state index contributed by atoms with van der Waals surface area (Å²) in [6.45, 7) is 2.88. The minimum absolute atomic E-state index is 0.122. The van der Waals surface area contributed by atoms with Crippen LogP contribution in [-0.4, -0.2) is 42.8 Å². The molecule has 1 N–H and O–H groups in total. The van der Waals surface area contributed by atoms with E-state index in [0.29, 0.717) is 36.0 Å². The van der Waals surface area contributed by atoms with Crippen LogP contribution in [0.25, 0.3) is 0 Å². The van der Waals surface area contributed by atoms with Crippen molar-refractivity contribution in [1.29, 1.82) is 0 Å². The van der Waals surface area contributed by atoms with Gasteiger partial charge in [0.05, 0.1) is 17.3 Å². The highest BCUT2D eigenvalue weighted by Gasteiger charge is 2.32. The summed E-state index contributed by atoms with van der Waals surface area (Å²) < 4.78 is 1.72. The summed E-state index contributed by atoms with van der Waals surface area (Å²) in [6.07, 6.45) is 7.67. The SMILES string of the molecule is Cc1nc(C2CCCCN2C(=O)c2nccn2C)ncc1C(=O)NCc1ccccc1. The Hall–Kier alpha value is -3.55. The van der Waals surface area contributed by atoms with E-state index in [4.69, 9.17) is 0 Å². The number of nitrogens with one attached hydrogen (secondary N) is 1. The maximum atomic E-state index is 13.1. The van der Waals surface area contributed by atoms with Crippen LogP contribution in [0.15, 0.2) is 48.9 Å². The molecule has 1 aliphatic rings. The summed E-state index contributed by atoms with van der Waals surface area (Å²) >= 11 is 0. The van der Waals surface area contributed by atoms with Gasteiger partial charge in [0.2, 0.25) is 0 Å². The molecule has 0 aliphatic carbocycles. The molecule has 8 nitrogen and oxygen atoms in total. The minimum Gasteiger partial charge on any atom is -0.348 e. The normalized spacial score (nSPS) is 16.2. The average Bonchev–Trinajstić information content (AvgIpc) is 3.23. The van der Waals surface area contributed by atoms with Gasteiger partial charge in [-0.25, -0.2) is 15.0 Å². The zero-order valence-corrected chi connectivity index (χ0v) is 17.8. The van der Waals surface area contributed by atoms with Crippen LogP contribution in [0, 0.1) is 6.92 Å². The lowest BCUT2D eigenvalue weighted by atomic mass is 10.0. The molecule has 0 saturated carbocycles. The number of imidazole rings is 1. The monoisotopic (exact) mass is 418 g/mol. The first-order valence-electron chi connectivity index (χ1n) is 10.5. The quantitative estimate of drug-likeness (QED) is 0.688. The molecule has 3 aromatic rings. The molecule has 2 aromatic heterocycles. The van der Waals surface area contributed by atoms with Crippen molar-refractivity contribution in [2.45, 2.75) is 38.8 Å². The Morgan fingerprint density at radius 2 is 1.97 bits per heavy atom. The number of hydrogen-bond acceptors (Lipinski definition) is 5. The summed E-state index contributed by atoms with van der Waals surface area (Å²) in [7, 11) is 1.81. The minimum atomic E-state index is -0.224. The van der Waals surface area contributed by atoms with Crippen LogP contribution in [0.4, 0.5) is 0 Å². The van der Waals surface area contributed by atoms with Crippen LogP contribution in [0.3, 0.4) is 0 Å². The molecule has 2 amide bonds. The van der Waals surface area contributed by atoms with Gasteiger partial charge in [-0.2, -0.15) is 0 Å². The molecule has 8 heteroatoms. The van der Waals surface area contributed by atoms with Gasteiger partial charge < -0.3 is 14.8 Å². The van der Waals surface area contributed by atoms with E-state index < -0.39 is 0 Å². The van der Waals surface area contributed by atoms with Gasteiger partial charge in [-0.05, 0) is 31.7 Å². The van der Waals surface area contributed by atoms with Crippen molar-refractivity contribution in [3.63, 3.8) is 0 Å². The summed E-state index contributed by atoms with van der Waals surface area (Å²) in [5.74, 6) is 0.639. The number of piperidine rings is 1. The molecule has 1 aromatic carbocycles. The number of aromatic nitrogens is 4. The summed E-state index contributed by atoms with van der Waals surface area (Å²) in [5, 5.41) is 2.91. The van der Waals surface area contributed by atoms with Gasteiger partial charge >= 0.3 is 0 Å². The van der Waals surface area contributed by atoms with Crippen molar-refractivity contribution in [2.75, 3.05) is 6.54 Å². The van der Waals surface area contributed by atoms with Crippen LogP contribution in [0.1, 0.15) is 63.4 Å². The molecule has 1 saturated heterocycles. The molecule has 0 radical (unpaired) electrons. The van der Waals surface area contributed by atoms with Crippen LogP contribution >= 0.6 is 0 Å². The maximum absolute atomic E-state index is 13.1. The van der Waals surface area contributed by atoms with E-state index in [-0.39, 0.29) is 17.9 Å². The first-order valence-corrected chi connectivity index (χ1v) is 10.5. The molecule has 0 spiro atoms. The number of aryl methyl sites for hydroxylation is 2. The number of likely N-dealkylation sites (tertiary alicyclic amines) is 1. The standard InChI is InChI=1S/C23H26N6O2/c1-16-18(22(30)26-14-17-8-4-3-5-9-17)15-25-20(27-16)19-10-6-7-12-29(19)23(31)21-24-11-13-28(21)2/h3-5,8-9,11,13,15,19H,6-7,10,12,14H2,1-2H3,(H,26,30). The molecule has 31 heavy (non-hydrogen) atoms. The Morgan fingerprint density at radius 3 is 2.68 bits per heavy atom. The Kier molecular flexibility index (Phi) is 6.06. The number of hydrogen-bond donors (Lipinski definition) is 1. The second kappa shape index (κ2) is 9.07. The van der Waals surface area contributed by atoms with E-state index in [1.165, 1.54) is 0 Å². The van der Waals surface area contributed by atoms with Gasteiger partial charge in [0.1, 0.15) is 0 Å². The Balaban J connectivity index is 1.51. The third kappa shape index (κ3) is 4.47. The van der Waals surface area contributed by atoms with Crippen molar-refractivity contribution in [1.82, 2.24) is 29.7 Å². The first kappa shape index (κ1) is 20.7. The zero-order chi connectivity index (χ0) is 21.8. The molecule has 1 aliphatic heterocycles. The summed E-state index contributed by atoms with van der Waals surface area (Å²) in [4.78, 5) is 40.8. The van der Waals surface area contributed by atoms with Crippen molar-refractivity contribution in [3.8, 4) is 0 Å². The summed E-state index contributed by atoms with van der Waals surface area (Å²) in [6, 6.07) is 9.51. The first-order chi connectivity index (χ1) is 15.0. The van der Waals surface area contributed by atoms with Gasteiger partial charge in [-0.3, -0.25) is 9.59 Å².